The Balaban J connectivity index is 2.61. The number of aliphatic hydroxyl groups is 2. The summed E-state index contributed by atoms with van der Waals surface area (Å²) >= 11 is 0. The summed E-state index contributed by atoms with van der Waals surface area (Å²) in [6, 6.07) is 0. The molecular weight excluding hydrogens is 200 g/mol. The molecule has 0 saturated heterocycles. The molecule has 0 fully saturated rings. The Kier molecular flexibility index (Phi) is 5.00. The molecule has 2 N–H and O–H groups in total. The van der Waals surface area contributed by atoms with Crippen molar-refractivity contribution in [2.24, 2.45) is 17.8 Å². The first kappa shape index (κ1) is 13.7. The van der Waals surface area contributed by atoms with Crippen molar-refractivity contribution < 1.29 is 10.2 Å². The molecule has 0 aromatic rings. The zero-order valence-corrected chi connectivity index (χ0v) is 11.0. The van der Waals surface area contributed by atoms with Crippen molar-refractivity contribution in [1.82, 2.24) is 0 Å². The molecule has 0 radical (unpaired) electrons. The largest absolute Gasteiger partial charge is 0.389 e. The lowest BCUT2D eigenvalue weighted by Crippen LogP contribution is -2.37. The summed E-state index contributed by atoms with van der Waals surface area (Å²) in [6.45, 7) is 8.45. The molecule has 2 heteroatoms. The maximum atomic E-state index is 10.1. The highest BCUT2D eigenvalue weighted by Gasteiger charge is 2.32. The van der Waals surface area contributed by atoms with Crippen LogP contribution in [0.15, 0.2) is 11.6 Å². The third-order valence-corrected chi connectivity index (χ3v) is 4.25. The van der Waals surface area contributed by atoms with Crippen molar-refractivity contribution in [3.8, 4) is 0 Å². The molecule has 16 heavy (non-hydrogen) atoms. The quantitative estimate of drug-likeness (QED) is 0.724. The van der Waals surface area contributed by atoms with Gasteiger partial charge < -0.3 is 10.2 Å². The summed E-state index contributed by atoms with van der Waals surface area (Å²) in [5.74, 6) is 1.01. The first-order valence-corrected chi connectivity index (χ1v) is 6.54. The molecule has 1 aliphatic rings. The molecule has 94 valence electrons. The van der Waals surface area contributed by atoms with E-state index in [-0.39, 0.29) is 24.0 Å². The van der Waals surface area contributed by atoms with Crippen LogP contribution in [0.1, 0.15) is 47.0 Å². The van der Waals surface area contributed by atoms with Crippen LogP contribution in [0.3, 0.4) is 0 Å². The summed E-state index contributed by atoms with van der Waals surface area (Å²) in [5, 5.41) is 20.0. The molecule has 2 nitrogen and oxygen atoms in total. The molecule has 0 aliphatic heterocycles. The highest BCUT2D eigenvalue weighted by atomic mass is 16.3. The summed E-state index contributed by atoms with van der Waals surface area (Å²) in [6.07, 6.45) is 4.33. The third-order valence-electron chi connectivity index (χ3n) is 4.25. The average Bonchev–Trinajstić information content (AvgIpc) is 2.28. The van der Waals surface area contributed by atoms with E-state index in [4.69, 9.17) is 0 Å². The molecule has 0 saturated carbocycles. The second-order valence-corrected chi connectivity index (χ2v) is 5.45. The second kappa shape index (κ2) is 5.83. The summed E-state index contributed by atoms with van der Waals surface area (Å²) in [4.78, 5) is 0. The van der Waals surface area contributed by atoms with Crippen LogP contribution in [0, 0.1) is 17.8 Å². The van der Waals surface area contributed by atoms with Gasteiger partial charge in [-0.15, -0.1) is 0 Å². The van der Waals surface area contributed by atoms with E-state index in [1.165, 1.54) is 6.42 Å². The minimum atomic E-state index is -0.384. The van der Waals surface area contributed by atoms with E-state index < -0.39 is 0 Å². The van der Waals surface area contributed by atoms with Gasteiger partial charge in [-0.2, -0.15) is 0 Å². The predicted octanol–water partition coefficient (Wildman–Crippen LogP) is 2.75. The number of aliphatic hydroxyl groups excluding tert-OH is 2. The first-order chi connectivity index (χ1) is 7.47. The van der Waals surface area contributed by atoms with Crippen LogP contribution in [0.5, 0.6) is 0 Å². The zero-order chi connectivity index (χ0) is 12.3. The van der Waals surface area contributed by atoms with Crippen molar-refractivity contribution in [2.45, 2.75) is 59.2 Å². The lowest BCUT2D eigenvalue weighted by Gasteiger charge is -2.34. The zero-order valence-electron chi connectivity index (χ0n) is 11.0. The minimum Gasteiger partial charge on any atom is -0.389 e. The van der Waals surface area contributed by atoms with Crippen LogP contribution >= 0.6 is 0 Å². The van der Waals surface area contributed by atoms with E-state index in [0.29, 0.717) is 5.92 Å². The maximum absolute atomic E-state index is 10.1. The van der Waals surface area contributed by atoms with Gasteiger partial charge in [0.2, 0.25) is 0 Å². The van der Waals surface area contributed by atoms with Gasteiger partial charge in [-0.25, -0.2) is 0 Å². The van der Waals surface area contributed by atoms with Gasteiger partial charge in [-0.1, -0.05) is 40.2 Å². The van der Waals surface area contributed by atoms with Crippen molar-refractivity contribution in [3.05, 3.63) is 11.6 Å². The highest BCUT2D eigenvalue weighted by molar-refractivity contribution is 5.17. The van der Waals surface area contributed by atoms with Crippen LogP contribution in [-0.4, -0.2) is 22.4 Å². The van der Waals surface area contributed by atoms with Gasteiger partial charge in [0.25, 0.3) is 0 Å². The molecule has 0 bridgehead atoms. The summed E-state index contributed by atoms with van der Waals surface area (Å²) in [7, 11) is 0. The Morgan fingerprint density at radius 1 is 1.25 bits per heavy atom. The fourth-order valence-electron chi connectivity index (χ4n) is 2.25. The normalized spacial score (nSPS) is 37.0. The minimum absolute atomic E-state index is 0.155. The standard InChI is InChI=1S/C14H26O2/c1-5-9(2)6-7-12-8-13(15)10(3)11(4)14(12)16/h8-11,13-16H,5-7H2,1-4H3/t9?,10?,11?,13?,14-/m0/s1. The van der Waals surface area contributed by atoms with Crippen LogP contribution in [0.25, 0.3) is 0 Å². The summed E-state index contributed by atoms with van der Waals surface area (Å²) < 4.78 is 0. The molecule has 0 aromatic carbocycles. The van der Waals surface area contributed by atoms with Crippen LogP contribution in [0.2, 0.25) is 0 Å². The van der Waals surface area contributed by atoms with Gasteiger partial charge in [0, 0.05) is 0 Å². The van der Waals surface area contributed by atoms with E-state index in [1.54, 1.807) is 0 Å². The first-order valence-electron chi connectivity index (χ1n) is 6.54. The molecule has 1 rings (SSSR count). The van der Waals surface area contributed by atoms with Gasteiger partial charge in [-0.3, -0.25) is 0 Å². The fraction of sp³-hybridized carbons (Fsp3) is 0.857. The van der Waals surface area contributed by atoms with Gasteiger partial charge in [-0.05, 0) is 36.2 Å². The molecule has 0 spiro atoms. The number of hydrogen-bond donors (Lipinski definition) is 2. The molecule has 0 amide bonds. The molecule has 1 aliphatic carbocycles. The Morgan fingerprint density at radius 2 is 1.88 bits per heavy atom. The van der Waals surface area contributed by atoms with E-state index in [2.05, 4.69) is 13.8 Å². The van der Waals surface area contributed by atoms with Gasteiger partial charge in [0.05, 0.1) is 12.2 Å². The van der Waals surface area contributed by atoms with Crippen molar-refractivity contribution >= 4 is 0 Å². The monoisotopic (exact) mass is 226 g/mol. The topological polar surface area (TPSA) is 40.5 Å². The van der Waals surface area contributed by atoms with Crippen LogP contribution < -0.4 is 0 Å². The van der Waals surface area contributed by atoms with E-state index in [0.717, 1.165) is 18.4 Å². The Hall–Kier alpha value is -0.340. The second-order valence-electron chi connectivity index (χ2n) is 5.45. The van der Waals surface area contributed by atoms with E-state index in [9.17, 15) is 10.2 Å². The smallest absolute Gasteiger partial charge is 0.0780 e. The van der Waals surface area contributed by atoms with Gasteiger partial charge in [0.1, 0.15) is 0 Å². The number of hydrogen-bond acceptors (Lipinski definition) is 2. The Morgan fingerprint density at radius 3 is 2.44 bits per heavy atom. The van der Waals surface area contributed by atoms with E-state index >= 15 is 0 Å². The molecule has 5 atom stereocenters. The van der Waals surface area contributed by atoms with Crippen LogP contribution in [0.4, 0.5) is 0 Å². The maximum Gasteiger partial charge on any atom is 0.0780 e. The van der Waals surface area contributed by atoms with Crippen molar-refractivity contribution in [2.75, 3.05) is 0 Å². The van der Waals surface area contributed by atoms with Crippen LogP contribution in [-0.2, 0) is 0 Å². The SMILES string of the molecule is CCC(C)CCC1=CC(O)C(C)C(C)[C@@H]1O. The third kappa shape index (κ3) is 3.08. The molecular formula is C14H26O2. The van der Waals surface area contributed by atoms with Crippen molar-refractivity contribution in [1.29, 1.82) is 0 Å². The highest BCUT2D eigenvalue weighted by Crippen LogP contribution is 2.32. The lowest BCUT2D eigenvalue weighted by molar-refractivity contribution is 0.0406. The lowest BCUT2D eigenvalue weighted by atomic mass is 9.76. The molecule has 4 unspecified atom stereocenters. The van der Waals surface area contributed by atoms with Gasteiger partial charge >= 0.3 is 0 Å². The van der Waals surface area contributed by atoms with Gasteiger partial charge in [0.15, 0.2) is 0 Å². The Labute approximate surface area is 99.4 Å². The molecule has 0 heterocycles. The number of rotatable bonds is 4. The van der Waals surface area contributed by atoms with E-state index in [1.807, 2.05) is 19.9 Å². The Bertz CT molecular complexity index is 247. The fourth-order valence-corrected chi connectivity index (χ4v) is 2.25. The van der Waals surface area contributed by atoms with Crippen molar-refractivity contribution in [3.63, 3.8) is 0 Å². The predicted molar refractivity (Wildman–Crippen MR) is 67.1 cm³/mol. The average molecular weight is 226 g/mol. The molecule has 0 aromatic heterocycles. The summed E-state index contributed by atoms with van der Waals surface area (Å²) in [5.41, 5.74) is 1.04.